The Hall–Kier alpha value is -1.85. The number of carbonyl (C=O) groups excluding carboxylic acids is 2. The third kappa shape index (κ3) is 2.84. The van der Waals surface area contributed by atoms with Gasteiger partial charge in [-0.1, -0.05) is 19.3 Å². The number of rotatable bonds is 4. The number of esters is 1. The second kappa shape index (κ2) is 6.07. The fourth-order valence-corrected chi connectivity index (χ4v) is 2.70. The van der Waals surface area contributed by atoms with Crippen LogP contribution in [-0.2, 0) is 14.3 Å². The minimum absolute atomic E-state index is 0.207. The van der Waals surface area contributed by atoms with Crippen molar-refractivity contribution in [2.75, 3.05) is 7.11 Å². The number of ether oxygens (including phenoxy) is 1. The van der Waals surface area contributed by atoms with Gasteiger partial charge in [-0.2, -0.15) is 5.10 Å². The number of hydrogen-bond acceptors (Lipinski definition) is 4. The highest BCUT2D eigenvalue weighted by molar-refractivity contribution is 5.89. The highest BCUT2D eigenvalue weighted by Gasteiger charge is 2.42. The second-order valence-electron chi connectivity index (χ2n) is 5.29. The maximum Gasteiger partial charge on any atom is 0.331 e. The monoisotopic (exact) mass is 279 g/mol. The molecule has 1 atom stereocenters. The van der Waals surface area contributed by atoms with E-state index in [2.05, 4.69) is 10.4 Å². The van der Waals surface area contributed by atoms with E-state index < -0.39 is 11.6 Å². The van der Waals surface area contributed by atoms with Crippen molar-refractivity contribution in [1.82, 2.24) is 15.1 Å². The van der Waals surface area contributed by atoms with Crippen LogP contribution in [-0.4, -0.2) is 34.3 Å². The van der Waals surface area contributed by atoms with Crippen molar-refractivity contribution in [3.63, 3.8) is 0 Å². The largest absolute Gasteiger partial charge is 0.467 e. The minimum atomic E-state index is -0.870. The second-order valence-corrected chi connectivity index (χ2v) is 5.29. The van der Waals surface area contributed by atoms with E-state index in [1.807, 2.05) is 0 Å². The lowest BCUT2D eigenvalue weighted by Crippen LogP contribution is -2.57. The number of carbonyl (C=O) groups is 2. The smallest absolute Gasteiger partial charge is 0.331 e. The molecule has 110 valence electrons. The Morgan fingerprint density at radius 3 is 2.60 bits per heavy atom. The van der Waals surface area contributed by atoms with Gasteiger partial charge in [0.25, 0.3) is 0 Å². The first-order chi connectivity index (χ1) is 9.59. The van der Waals surface area contributed by atoms with E-state index in [0.717, 1.165) is 19.3 Å². The molecule has 0 aliphatic heterocycles. The highest BCUT2D eigenvalue weighted by atomic mass is 16.5. The molecule has 1 amide bonds. The molecule has 0 saturated heterocycles. The van der Waals surface area contributed by atoms with Gasteiger partial charge >= 0.3 is 5.97 Å². The van der Waals surface area contributed by atoms with Crippen LogP contribution in [0.3, 0.4) is 0 Å². The summed E-state index contributed by atoms with van der Waals surface area (Å²) in [7, 11) is 1.36. The predicted molar refractivity (Wildman–Crippen MR) is 72.9 cm³/mol. The first-order valence-corrected chi connectivity index (χ1v) is 6.99. The summed E-state index contributed by atoms with van der Waals surface area (Å²) in [6.07, 6.45) is 7.56. The van der Waals surface area contributed by atoms with Crippen molar-refractivity contribution >= 4 is 11.9 Å². The third-order valence-corrected chi connectivity index (χ3v) is 3.95. The first kappa shape index (κ1) is 14.6. The molecule has 1 aliphatic rings. The maximum atomic E-state index is 12.4. The molecule has 20 heavy (non-hydrogen) atoms. The topological polar surface area (TPSA) is 73.2 Å². The molecule has 1 aliphatic carbocycles. The highest BCUT2D eigenvalue weighted by Crippen LogP contribution is 2.29. The fraction of sp³-hybridized carbons (Fsp3) is 0.643. The van der Waals surface area contributed by atoms with Gasteiger partial charge in [-0.25, -0.2) is 4.79 Å². The number of nitrogens with one attached hydrogen (secondary N) is 1. The van der Waals surface area contributed by atoms with E-state index in [-0.39, 0.29) is 11.9 Å². The lowest BCUT2D eigenvalue weighted by Gasteiger charge is -2.35. The van der Waals surface area contributed by atoms with E-state index in [1.54, 1.807) is 30.1 Å². The molecule has 1 fully saturated rings. The van der Waals surface area contributed by atoms with E-state index in [0.29, 0.717) is 12.8 Å². The molecular weight excluding hydrogens is 258 g/mol. The summed E-state index contributed by atoms with van der Waals surface area (Å²) in [5.41, 5.74) is -0.870. The number of hydrogen-bond donors (Lipinski definition) is 1. The lowest BCUT2D eigenvalue weighted by molar-refractivity contribution is -0.153. The van der Waals surface area contributed by atoms with Crippen LogP contribution in [0.2, 0.25) is 0 Å². The van der Waals surface area contributed by atoms with Crippen molar-refractivity contribution in [1.29, 1.82) is 0 Å². The van der Waals surface area contributed by atoms with Crippen LogP contribution in [0.25, 0.3) is 0 Å². The Morgan fingerprint density at radius 1 is 1.35 bits per heavy atom. The molecular formula is C14H21N3O3. The number of methoxy groups -OCH3 is 1. The molecule has 2 rings (SSSR count). The zero-order chi connectivity index (χ0) is 14.6. The summed E-state index contributed by atoms with van der Waals surface area (Å²) in [5.74, 6) is -0.556. The maximum absolute atomic E-state index is 12.4. The van der Waals surface area contributed by atoms with Gasteiger partial charge in [-0.15, -0.1) is 0 Å². The van der Waals surface area contributed by atoms with Gasteiger partial charge in [0.2, 0.25) is 5.91 Å². The Kier molecular flexibility index (Phi) is 4.42. The summed E-state index contributed by atoms with van der Waals surface area (Å²) in [4.78, 5) is 24.4. The van der Waals surface area contributed by atoms with Gasteiger partial charge in [-0.3, -0.25) is 9.48 Å². The van der Waals surface area contributed by atoms with Crippen LogP contribution >= 0.6 is 0 Å². The van der Waals surface area contributed by atoms with Crippen LogP contribution in [0.4, 0.5) is 0 Å². The van der Waals surface area contributed by atoms with Crippen molar-refractivity contribution in [2.24, 2.45) is 0 Å². The average Bonchev–Trinajstić information content (AvgIpc) is 3.00. The van der Waals surface area contributed by atoms with Crippen molar-refractivity contribution < 1.29 is 14.3 Å². The standard InChI is InChI=1S/C14H21N3O3/c1-11(17-10-6-9-15-17)12(18)16-14(13(19)20-2)7-4-3-5-8-14/h6,9-11H,3-5,7-8H2,1-2H3,(H,16,18). The van der Waals surface area contributed by atoms with Gasteiger partial charge < -0.3 is 10.1 Å². The van der Waals surface area contributed by atoms with E-state index in [4.69, 9.17) is 4.74 Å². The average molecular weight is 279 g/mol. The van der Waals surface area contributed by atoms with Crippen LogP contribution in [0.1, 0.15) is 45.1 Å². The molecule has 6 nitrogen and oxygen atoms in total. The quantitative estimate of drug-likeness (QED) is 0.846. The molecule has 1 heterocycles. The molecule has 1 aromatic rings. The summed E-state index contributed by atoms with van der Waals surface area (Å²) < 4.78 is 6.46. The van der Waals surface area contributed by atoms with E-state index in [9.17, 15) is 9.59 Å². The Labute approximate surface area is 118 Å². The van der Waals surface area contributed by atoms with Gasteiger partial charge in [0, 0.05) is 12.4 Å². The number of aromatic nitrogens is 2. The molecule has 0 spiro atoms. The first-order valence-electron chi connectivity index (χ1n) is 6.99. The molecule has 0 bridgehead atoms. The van der Waals surface area contributed by atoms with E-state index in [1.165, 1.54) is 7.11 Å². The zero-order valence-corrected chi connectivity index (χ0v) is 12.0. The summed E-state index contributed by atoms with van der Waals surface area (Å²) in [6.45, 7) is 1.76. The third-order valence-electron chi connectivity index (χ3n) is 3.95. The zero-order valence-electron chi connectivity index (χ0n) is 12.0. The molecule has 1 saturated carbocycles. The lowest BCUT2D eigenvalue weighted by atomic mass is 9.81. The minimum Gasteiger partial charge on any atom is -0.467 e. The van der Waals surface area contributed by atoms with Gasteiger partial charge in [0.1, 0.15) is 11.6 Å². The summed E-state index contributed by atoms with van der Waals surface area (Å²) >= 11 is 0. The van der Waals surface area contributed by atoms with Gasteiger partial charge in [0.05, 0.1) is 7.11 Å². The Balaban J connectivity index is 2.11. The Morgan fingerprint density at radius 2 is 2.05 bits per heavy atom. The van der Waals surface area contributed by atoms with E-state index >= 15 is 0 Å². The molecule has 6 heteroatoms. The Bertz CT molecular complexity index is 464. The van der Waals surface area contributed by atoms with Crippen molar-refractivity contribution in [3.8, 4) is 0 Å². The van der Waals surface area contributed by atoms with Crippen molar-refractivity contribution in [3.05, 3.63) is 18.5 Å². The van der Waals surface area contributed by atoms with Crippen LogP contribution < -0.4 is 5.32 Å². The SMILES string of the molecule is COC(=O)C1(NC(=O)C(C)n2cccn2)CCCCC1. The summed E-state index contributed by atoms with van der Waals surface area (Å²) in [5, 5.41) is 6.95. The predicted octanol–water partition coefficient (Wildman–Crippen LogP) is 1.44. The van der Waals surface area contributed by atoms with Crippen LogP contribution in [0, 0.1) is 0 Å². The number of amides is 1. The van der Waals surface area contributed by atoms with Gasteiger partial charge in [0.15, 0.2) is 0 Å². The van der Waals surface area contributed by atoms with Crippen LogP contribution in [0.15, 0.2) is 18.5 Å². The fourth-order valence-electron chi connectivity index (χ4n) is 2.70. The molecule has 1 N–H and O–H groups in total. The number of nitrogens with zero attached hydrogens (tertiary/aromatic N) is 2. The summed E-state index contributed by atoms with van der Waals surface area (Å²) in [6, 6.07) is 1.31. The molecule has 0 aromatic carbocycles. The van der Waals surface area contributed by atoms with Gasteiger partial charge in [-0.05, 0) is 25.8 Å². The molecule has 1 unspecified atom stereocenters. The van der Waals surface area contributed by atoms with Crippen molar-refractivity contribution in [2.45, 2.75) is 50.6 Å². The molecule has 0 radical (unpaired) electrons. The normalized spacial score (nSPS) is 19.1. The molecule has 1 aromatic heterocycles. The van der Waals surface area contributed by atoms with Crippen LogP contribution in [0.5, 0.6) is 0 Å².